The Morgan fingerprint density at radius 3 is 2.38 bits per heavy atom. The van der Waals surface area contributed by atoms with Crippen LogP contribution in [0.2, 0.25) is 0 Å². The Bertz CT molecular complexity index is 644. The zero-order valence-electron chi connectivity index (χ0n) is 14.4. The van der Waals surface area contributed by atoms with Crippen LogP contribution in [-0.4, -0.2) is 44.4 Å². The standard InChI is InChI=1S/C17H20F3NO5/c1-3-24-13-7-5-12(9-14(13)25-4-2)6-8-16(23)26-10-15(22)21-11-17(18,19)20/h5-9H,3-4,10-11H2,1-2H3,(H,21,22)/b8-6+. The molecule has 0 aliphatic rings. The number of nitrogens with one attached hydrogen (secondary N) is 1. The number of hydrogen-bond donors (Lipinski definition) is 1. The van der Waals surface area contributed by atoms with E-state index in [2.05, 4.69) is 4.74 Å². The molecule has 0 bridgehead atoms. The molecule has 0 aliphatic carbocycles. The van der Waals surface area contributed by atoms with Crippen LogP contribution in [0.1, 0.15) is 19.4 Å². The molecule has 26 heavy (non-hydrogen) atoms. The zero-order valence-corrected chi connectivity index (χ0v) is 14.4. The monoisotopic (exact) mass is 375 g/mol. The van der Waals surface area contributed by atoms with E-state index in [0.29, 0.717) is 30.3 Å². The number of hydrogen-bond acceptors (Lipinski definition) is 5. The number of carbonyl (C=O) groups is 2. The molecule has 9 heteroatoms. The van der Waals surface area contributed by atoms with Crippen molar-refractivity contribution in [2.45, 2.75) is 20.0 Å². The summed E-state index contributed by atoms with van der Waals surface area (Å²) in [6.45, 7) is 2.28. The Kier molecular flexibility index (Phi) is 8.47. The molecule has 0 saturated heterocycles. The fourth-order valence-corrected chi connectivity index (χ4v) is 1.77. The molecule has 0 fully saturated rings. The van der Waals surface area contributed by atoms with Gasteiger partial charge in [0.1, 0.15) is 6.54 Å². The molecule has 1 amide bonds. The first-order chi connectivity index (χ1) is 12.2. The number of esters is 1. The molecule has 1 aromatic rings. The number of ether oxygens (including phenoxy) is 3. The predicted octanol–water partition coefficient (Wildman–Crippen LogP) is 2.72. The molecule has 1 aromatic carbocycles. The smallest absolute Gasteiger partial charge is 0.405 e. The van der Waals surface area contributed by atoms with E-state index < -0.39 is 31.2 Å². The molecule has 6 nitrogen and oxygen atoms in total. The van der Waals surface area contributed by atoms with Crippen LogP contribution in [0.4, 0.5) is 13.2 Å². The van der Waals surface area contributed by atoms with E-state index in [1.807, 2.05) is 13.8 Å². The highest BCUT2D eigenvalue weighted by atomic mass is 19.4. The third-order valence-corrected chi connectivity index (χ3v) is 2.81. The van der Waals surface area contributed by atoms with Gasteiger partial charge < -0.3 is 19.5 Å². The van der Waals surface area contributed by atoms with Gasteiger partial charge in [-0.1, -0.05) is 6.07 Å². The Balaban J connectivity index is 2.57. The molecule has 0 saturated carbocycles. The number of amides is 1. The van der Waals surface area contributed by atoms with Crippen LogP contribution in [-0.2, 0) is 14.3 Å². The van der Waals surface area contributed by atoms with E-state index in [9.17, 15) is 22.8 Å². The predicted molar refractivity (Wildman–Crippen MR) is 87.8 cm³/mol. The summed E-state index contributed by atoms with van der Waals surface area (Å²) < 4.78 is 51.2. The zero-order chi connectivity index (χ0) is 19.6. The van der Waals surface area contributed by atoms with Crippen molar-refractivity contribution < 1.29 is 37.0 Å². The number of carbonyl (C=O) groups excluding carboxylic acids is 2. The number of rotatable bonds is 9. The van der Waals surface area contributed by atoms with Crippen LogP contribution < -0.4 is 14.8 Å². The Morgan fingerprint density at radius 2 is 1.77 bits per heavy atom. The Morgan fingerprint density at radius 1 is 1.12 bits per heavy atom. The molecular formula is C17H20F3NO5. The minimum atomic E-state index is -4.52. The summed E-state index contributed by atoms with van der Waals surface area (Å²) in [6.07, 6.45) is -2.04. The molecule has 1 rings (SSSR count). The summed E-state index contributed by atoms with van der Waals surface area (Å²) in [5.74, 6) is -0.824. The maximum atomic E-state index is 11.9. The van der Waals surface area contributed by atoms with Crippen LogP contribution in [0.15, 0.2) is 24.3 Å². The second-order valence-electron chi connectivity index (χ2n) is 4.91. The molecule has 0 atom stereocenters. The van der Waals surface area contributed by atoms with E-state index in [1.54, 1.807) is 23.5 Å². The van der Waals surface area contributed by atoms with Gasteiger partial charge in [-0.2, -0.15) is 13.2 Å². The highest BCUT2D eigenvalue weighted by Crippen LogP contribution is 2.29. The molecule has 0 aliphatic heterocycles. The molecule has 0 heterocycles. The van der Waals surface area contributed by atoms with Crippen molar-refractivity contribution in [2.75, 3.05) is 26.4 Å². The first-order valence-corrected chi connectivity index (χ1v) is 7.83. The lowest BCUT2D eigenvalue weighted by Gasteiger charge is -2.11. The van der Waals surface area contributed by atoms with Gasteiger partial charge >= 0.3 is 12.1 Å². The maximum absolute atomic E-state index is 11.9. The van der Waals surface area contributed by atoms with Crippen molar-refractivity contribution in [3.05, 3.63) is 29.8 Å². The summed E-state index contributed by atoms with van der Waals surface area (Å²) in [7, 11) is 0. The highest BCUT2D eigenvalue weighted by Gasteiger charge is 2.27. The average Bonchev–Trinajstić information content (AvgIpc) is 2.58. The van der Waals surface area contributed by atoms with Crippen LogP contribution in [0.25, 0.3) is 6.08 Å². The average molecular weight is 375 g/mol. The molecule has 0 spiro atoms. The SMILES string of the molecule is CCOc1ccc(/C=C/C(=O)OCC(=O)NCC(F)(F)F)cc1OCC. The lowest BCUT2D eigenvalue weighted by Crippen LogP contribution is -2.36. The minimum Gasteiger partial charge on any atom is -0.490 e. The molecule has 1 N–H and O–H groups in total. The van der Waals surface area contributed by atoms with E-state index >= 15 is 0 Å². The fraction of sp³-hybridized carbons (Fsp3) is 0.412. The van der Waals surface area contributed by atoms with Gasteiger partial charge in [-0.05, 0) is 37.6 Å². The van der Waals surface area contributed by atoms with Crippen LogP contribution in [0, 0.1) is 0 Å². The van der Waals surface area contributed by atoms with Gasteiger partial charge in [-0.25, -0.2) is 4.79 Å². The van der Waals surface area contributed by atoms with E-state index in [4.69, 9.17) is 9.47 Å². The van der Waals surface area contributed by atoms with Crippen LogP contribution >= 0.6 is 0 Å². The van der Waals surface area contributed by atoms with Gasteiger partial charge in [0, 0.05) is 6.08 Å². The molecule has 144 valence electrons. The Hall–Kier alpha value is -2.71. The van der Waals surface area contributed by atoms with Crippen molar-refractivity contribution in [1.29, 1.82) is 0 Å². The summed E-state index contributed by atoms with van der Waals surface area (Å²) in [6, 6.07) is 5.03. The summed E-state index contributed by atoms with van der Waals surface area (Å²) >= 11 is 0. The first-order valence-electron chi connectivity index (χ1n) is 7.83. The van der Waals surface area contributed by atoms with E-state index in [0.717, 1.165) is 6.08 Å². The number of benzene rings is 1. The third kappa shape index (κ3) is 8.41. The summed E-state index contributed by atoms with van der Waals surface area (Å²) in [5.41, 5.74) is 0.621. The van der Waals surface area contributed by atoms with Gasteiger partial charge in [-0.15, -0.1) is 0 Å². The lowest BCUT2D eigenvalue weighted by molar-refractivity contribution is -0.148. The second kappa shape index (κ2) is 10.3. The van der Waals surface area contributed by atoms with Crippen molar-refractivity contribution in [3.63, 3.8) is 0 Å². The summed E-state index contributed by atoms with van der Waals surface area (Å²) in [4.78, 5) is 22.7. The van der Waals surface area contributed by atoms with Crippen molar-refractivity contribution >= 4 is 18.0 Å². The molecule has 0 unspecified atom stereocenters. The van der Waals surface area contributed by atoms with Gasteiger partial charge in [0.2, 0.25) is 0 Å². The molecule has 0 aromatic heterocycles. The van der Waals surface area contributed by atoms with Gasteiger partial charge in [-0.3, -0.25) is 4.79 Å². The van der Waals surface area contributed by atoms with Crippen molar-refractivity contribution in [1.82, 2.24) is 5.32 Å². The second-order valence-corrected chi connectivity index (χ2v) is 4.91. The normalized spacial score (nSPS) is 11.3. The molecule has 0 radical (unpaired) electrons. The minimum absolute atomic E-state index is 0.433. The highest BCUT2D eigenvalue weighted by molar-refractivity contribution is 5.89. The topological polar surface area (TPSA) is 73.9 Å². The summed E-state index contributed by atoms with van der Waals surface area (Å²) in [5, 5.41) is 1.60. The maximum Gasteiger partial charge on any atom is 0.405 e. The third-order valence-electron chi connectivity index (χ3n) is 2.81. The number of alkyl halides is 3. The van der Waals surface area contributed by atoms with Gasteiger partial charge in [0.05, 0.1) is 13.2 Å². The van der Waals surface area contributed by atoms with Crippen molar-refractivity contribution in [3.8, 4) is 11.5 Å². The lowest BCUT2D eigenvalue weighted by atomic mass is 10.2. The van der Waals surface area contributed by atoms with Gasteiger partial charge in [0.25, 0.3) is 5.91 Å². The van der Waals surface area contributed by atoms with Crippen LogP contribution in [0.5, 0.6) is 11.5 Å². The largest absolute Gasteiger partial charge is 0.490 e. The van der Waals surface area contributed by atoms with E-state index in [1.165, 1.54) is 6.08 Å². The van der Waals surface area contributed by atoms with E-state index in [-0.39, 0.29) is 0 Å². The fourth-order valence-electron chi connectivity index (χ4n) is 1.77. The number of halogens is 3. The first kappa shape index (κ1) is 21.3. The van der Waals surface area contributed by atoms with Crippen LogP contribution in [0.3, 0.4) is 0 Å². The quantitative estimate of drug-likeness (QED) is 0.531. The van der Waals surface area contributed by atoms with Gasteiger partial charge in [0.15, 0.2) is 18.1 Å². The molecular weight excluding hydrogens is 355 g/mol. The Labute approximate surface area is 148 Å². The van der Waals surface area contributed by atoms with Crippen molar-refractivity contribution in [2.24, 2.45) is 0 Å².